The van der Waals surface area contributed by atoms with Gasteiger partial charge in [-0.3, -0.25) is 9.10 Å². The third-order valence-corrected chi connectivity index (χ3v) is 9.44. The molecule has 5 rings (SSSR count). The molecule has 0 aliphatic carbocycles. The molecule has 0 amide bonds. The fourth-order valence-corrected chi connectivity index (χ4v) is 6.04. The normalized spacial score (nSPS) is 16.0. The smallest absolute Gasteiger partial charge is 0.309 e. The minimum absolute atomic E-state index is 0. The van der Waals surface area contributed by atoms with Gasteiger partial charge in [0.2, 0.25) is 16.0 Å². The summed E-state index contributed by atoms with van der Waals surface area (Å²) in [4.78, 5) is 24.5. The van der Waals surface area contributed by atoms with Crippen LogP contribution in [0.15, 0.2) is 48.7 Å². The van der Waals surface area contributed by atoms with Crippen molar-refractivity contribution < 1.29 is 23.1 Å². The van der Waals surface area contributed by atoms with Gasteiger partial charge in [-0.1, -0.05) is 23.7 Å². The Morgan fingerprint density at radius 2 is 1.84 bits per heavy atom. The Labute approximate surface area is 268 Å². The Hall–Kier alpha value is -3.52. The van der Waals surface area contributed by atoms with Gasteiger partial charge in [0, 0.05) is 51.5 Å². The van der Waals surface area contributed by atoms with Crippen LogP contribution in [0.4, 0.5) is 34.5 Å². The maximum Gasteiger partial charge on any atom is 0.309 e. The molecule has 1 aromatic heterocycles. The summed E-state index contributed by atoms with van der Waals surface area (Å²) in [5.74, 6) is 0.878. The monoisotopic (exact) mass is 665 g/mol. The minimum Gasteiger partial charge on any atom is -0.494 e. The highest BCUT2D eigenvalue weighted by molar-refractivity contribution is 7.92. The zero-order chi connectivity index (χ0) is 30.7. The number of sulfonamides is 1. The summed E-state index contributed by atoms with van der Waals surface area (Å²) in [5, 5.41) is 15.7. The van der Waals surface area contributed by atoms with E-state index in [1.165, 1.54) is 17.5 Å². The SMILES string of the molecule is COc1cc(N2CCC(CN3CC(C(=O)O)C3)CC2)ccc1Nc1ncc(Cl)c(Nc2ccccc2N(C)S(C)(=O)=O)n1.Cl. The number of methoxy groups -OCH3 is 1. The Kier molecular flexibility index (Phi) is 10.7. The molecule has 3 heterocycles. The molecule has 0 atom stereocenters. The molecule has 238 valence electrons. The van der Waals surface area contributed by atoms with Crippen molar-refractivity contribution in [2.75, 3.05) is 73.0 Å². The number of nitrogens with one attached hydrogen (secondary N) is 2. The van der Waals surface area contributed by atoms with E-state index in [2.05, 4.69) is 30.4 Å². The summed E-state index contributed by atoms with van der Waals surface area (Å²) >= 11 is 6.40. The quantitative estimate of drug-likeness (QED) is 0.263. The summed E-state index contributed by atoms with van der Waals surface area (Å²) in [6.07, 6.45) is 4.70. The fourth-order valence-electron chi connectivity index (χ4n) is 5.39. The number of hydrogen-bond acceptors (Lipinski definition) is 10. The summed E-state index contributed by atoms with van der Waals surface area (Å²) < 4.78 is 31.2. The lowest BCUT2D eigenvalue weighted by Crippen LogP contribution is -2.52. The molecule has 3 N–H and O–H groups in total. The first-order valence-electron chi connectivity index (χ1n) is 14.0. The van der Waals surface area contributed by atoms with E-state index in [4.69, 9.17) is 21.4 Å². The summed E-state index contributed by atoms with van der Waals surface area (Å²) in [7, 11) is -0.392. The molecule has 0 radical (unpaired) electrons. The lowest BCUT2D eigenvalue weighted by Gasteiger charge is -2.41. The average Bonchev–Trinajstić information content (AvgIpc) is 2.96. The van der Waals surface area contributed by atoms with Crippen molar-refractivity contribution in [3.63, 3.8) is 0 Å². The van der Waals surface area contributed by atoms with Crippen molar-refractivity contribution in [1.29, 1.82) is 0 Å². The summed E-state index contributed by atoms with van der Waals surface area (Å²) in [6, 6.07) is 12.9. The number of aromatic nitrogens is 2. The van der Waals surface area contributed by atoms with Crippen LogP contribution in [0.1, 0.15) is 12.8 Å². The van der Waals surface area contributed by atoms with E-state index in [-0.39, 0.29) is 29.3 Å². The first kappa shape index (κ1) is 33.4. The molecule has 0 saturated carbocycles. The van der Waals surface area contributed by atoms with Crippen LogP contribution in [0, 0.1) is 11.8 Å². The number of hydrogen-bond donors (Lipinski definition) is 3. The third kappa shape index (κ3) is 7.76. The number of aliphatic carboxylic acids is 1. The maximum absolute atomic E-state index is 12.1. The highest BCUT2D eigenvalue weighted by atomic mass is 35.5. The molecule has 0 spiro atoms. The van der Waals surface area contributed by atoms with Gasteiger partial charge in [0.05, 0.1) is 42.5 Å². The van der Waals surface area contributed by atoms with E-state index in [1.807, 2.05) is 18.2 Å². The Morgan fingerprint density at radius 3 is 2.50 bits per heavy atom. The predicted molar refractivity (Wildman–Crippen MR) is 176 cm³/mol. The molecule has 2 saturated heterocycles. The van der Waals surface area contributed by atoms with E-state index in [9.17, 15) is 13.2 Å². The van der Waals surface area contributed by atoms with Crippen LogP contribution in [0.5, 0.6) is 5.75 Å². The van der Waals surface area contributed by atoms with Crippen LogP contribution < -0.4 is 24.6 Å². The van der Waals surface area contributed by atoms with E-state index in [0.29, 0.717) is 47.6 Å². The van der Waals surface area contributed by atoms with E-state index in [1.54, 1.807) is 31.4 Å². The van der Waals surface area contributed by atoms with Gasteiger partial charge >= 0.3 is 5.97 Å². The van der Waals surface area contributed by atoms with Crippen molar-refractivity contribution in [1.82, 2.24) is 14.9 Å². The van der Waals surface area contributed by atoms with Gasteiger partial charge in [-0.2, -0.15) is 4.98 Å². The van der Waals surface area contributed by atoms with Crippen molar-refractivity contribution in [2.24, 2.45) is 11.8 Å². The van der Waals surface area contributed by atoms with Crippen LogP contribution in [-0.4, -0.2) is 87.5 Å². The number of para-hydroxylation sites is 2. The molecule has 0 unspecified atom stereocenters. The number of carboxylic acid groups (broad SMARTS) is 1. The van der Waals surface area contributed by atoms with Crippen LogP contribution in [-0.2, 0) is 14.8 Å². The number of ether oxygens (including phenoxy) is 1. The number of benzene rings is 2. The van der Waals surface area contributed by atoms with Crippen LogP contribution >= 0.6 is 24.0 Å². The predicted octanol–water partition coefficient (Wildman–Crippen LogP) is 4.68. The number of carbonyl (C=O) groups is 1. The van der Waals surface area contributed by atoms with Gasteiger partial charge in [-0.25, -0.2) is 13.4 Å². The zero-order valence-electron chi connectivity index (χ0n) is 24.7. The third-order valence-electron chi connectivity index (χ3n) is 7.97. The molecular formula is C29H37Cl2N7O5S. The van der Waals surface area contributed by atoms with Gasteiger partial charge in [-0.15, -0.1) is 12.4 Å². The Morgan fingerprint density at radius 1 is 1.14 bits per heavy atom. The number of piperidine rings is 1. The second-order valence-electron chi connectivity index (χ2n) is 11.0. The maximum atomic E-state index is 12.1. The summed E-state index contributed by atoms with van der Waals surface area (Å²) in [6.45, 7) is 4.11. The van der Waals surface area contributed by atoms with Crippen LogP contribution in [0.2, 0.25) is 5.02 Å². The van der Waals surface area contributed by atoms with E-state index in [0.717, 1.165) is 44.4 Å². The van der Waals surface area contributed by atoms with Crippen molar-refractivity contribution >= 4 is 74.5 Å². The van der Waals surface area contributed by atoms with Crippen molar-refractivity contribution in [2.45, 2.75) is 12.8 Å². The number of halogens is 2. The molecule has 2 fully saturated rings. The van der Waals surface area contributed by atoms with Crippen LogP contribution in [0.3, 0.4) is 0 Å². The lowest BCUT2D eigenvalue weighted by molar-refractivity contribution is -0.147. The molecule has 15 heteroatoms. The Balaban J connectivity index is 0.00000442. The highest BCUT2D eigenvalue weighted by Gasteiger charge is 2.34. The molecule has 44 heavy (non-hydrogen) atoms. The first-order valence-corrected chi connectivity index (χ1v) is 16.2. The summed E-state index contributed by atoms with van der Waals surface area (Å²) in [5.41, 5.74) is 2.70. The standard InChI is InChI=1S/C29H36ClN7O5S.ClH/c1-35(43(3,40)41)25-7-5-4-6-23(25)32-27-22(30)15-31-29(34-27)33-24-9-8-21(14-26(24)42-2)37-12-10-19(11-13-37)16-36-17-20(18-36)28(38)39;/h4-9,14-15,19-20H,10-13,16-18H2,1-3H3,(H,38,39)(H2,31,32,33,34);1H. The topological polar surface area (TPSA) is 140 Å². The molecule has 2 aliphatic heterocycles. The number of rotatable bonds is 11. The second-order valence-corrected chi connectivity index (χ2v) is 13.4. The van der Waals surface area contributed by atoms with Crippen molar-refractivity contribution in [3.05, 3.63) is 53.7 Å². The molecule has 3 aromatic rings. The lowest BCUT2D eigenvalue weighted by atomic mass is 9.92. The minimum atomic E-state index is -3.48. The molecule has 2 aliphatic rings. The molecule has 0 bridgehead atoms. The number of anilines is 6. The van der Waals surface area contributed by atoms with Gasteiger partial charge in [0.25, 0.3) is 0 Å². The van der Waals surface area contributed by atoms with E-state index < -0.39 is 16.0 Å². The zero-order valence-corrected chi connectivity index (χ0v) is 27.1. The van der Waals surface area contributed by atoms with E-state index >= 15 is 0 Å². The number of likely N-dealkylation sites (tertiary alicyclic amines) is 1. The number of nitrogens with zero attached hydrogens (tertiary/aromatic N) is 5. The first-order chi connectivity index (χ1) is 20.5. The number of carboxylic acids is 1. The largest absolute Gasteiger partial charge is 0.494 e. The highest BCUT2D eigenvalue weighted by Crippen LogP contribution is 2.35. The van der Waals surface area contributed by atoms with Gasteiger partial charge in [-0.05, 0) is 43.0 Å². The van der Waals surface area contributed by atoms with Gasteiger partial charge in [0.1, 0.15) is 10.8 Å². The van der Waals surface area contributed by atoms with Gasteiger partial charge < -0.3 is 30.3 Å². The van der Waals surface area contributed by atoms with Crippen molar-refractivity contribution in [3.8, 4) is 5.75 Å². The van der Waals surface area contributed by atoms with Crippen LogP contribution in [0.25, 0.3) is 0 Å². The Bertz CT molecular complexity index is 1580. The second kappa shape index (κ2) is 14.1. The molecular weight excluding hydrogens is 629 g/mol. The molecule has 12 nitrogen and oxygen atoms in total. The average molecular weight is 667 g/mol. The fraction of sp³-hybridized carbons (Fsp3) is 0.414. The molecule has 2 aromatic carbocycles. The van der Waals surface area contributed by atoms with Gasteiger partial charge in [0.15, 0.2) is 5.82 Å².